The van der Waals surface area contributed by atoms with Gasteiger partial charge in [0.1, 0.15) is 5.76 Å². The SMILES string of the molecule is CC(=O)C1=C(O)[C@]23CCC(C)(C)[C@H]2C[C@](CC=C(C)C)(C1=O)C3=O. The van der Waals surface area contributed by atoms with Crippen molar-refractivity contribution in [3.63, 3.8) is 0 Å². The summed E-state index contributed by atoms with van der Waals surface area (Å²) in [5.41, 5.74) is -1.43. The number of allylic oxidation sites excluding steroid dienone is 4. The van der Waals surface area contributed by atoms with Gasteiger partial charge in [0.05, 0.1) is 16.4 Å². The van der Waals surface area contributed by atoms with Gasteiger partial charge in [0, 0.05) is 0 Å². The lowest BCUT2D eigenvalue weighted by molar-refractivity contribution is -0.143. The molecular weight excluding hydrogens is 304 g/mol. The lowest BCUT2D eigenvalue weighted by Gasteiger charge is -2.36. The van der Waals surface area contributed by atoms with Gasteiger partial charge in [-0.15, -0.1) is 0 Å². The van der Waals surface area contributed by atoms with Crippen molar-refractivity contribution >= 4 is 17.3 Å². The zero-order chi connectivity index (χ0) is 18.1. The molecule has 1 spiro atoms. The van der Waals surface area contributed by atoms with Gasteiger partial charge in [-0.05, 0) is 57.8 Å². The molecule has 0 radical (unpaired) electrons. The van der Waals surface area contributed by atoms with E-state index in [2.05, 4.69) is 13.8 Å². The second kappa shape index (κ2) is 4.90. The van der Waals surface area contributed by atoms with Crippen molar-refractivity contribution < 1.29 is 19.5 Å². The highest BCUT2D eigenvalue weighted by molar-refractivity contribution is 6.31. The van der Waals surface area contributed by atoms with Crippen molar-refractivity contribution in [2.45, 2.75) is 60.3 Å². The van der Waals surface area contributed by atoms with Gasteiger partial charge < -0.3 is 5.11 Å². The summed E-state index contributed by atoms with van der Waals surface area (Å²) in [5, 5.41) is 10.9. The number of Topliss-reactive ketones (excluding diaryl/α,β-unsaturated/α-hetero) is 3. The minimum Gasteiger partial charge on any atom is -0.510 e. The third kappa shape index (κ3) is 1.83. The van der Waals surface area contributed by atoms with Crippen LogP contribution >= 0.6 is 0 Å². The van der Waals surface area contributed by atoms with E-state index in [1.165, 1.54) is 6.92 Å². The first kappa shape index (κ1) is 17.1. The highest BCUT2D eigenvalue weighted by Crippen LogP contribution is 2.70. The van der Waals surface area contributed by atoms with E-state index in [0.717, 1.165) is 12.0 Å². The third-order valence-electron chi connectivity index (χ3n) is 6.63. The van der Waals surface area contributed by atoms with Crippen LogP contribution in [0.5, 0.6) is 0 Å². The number of aliphatic hydroxyl groups is 1. The molecule has 3 rings (SSSR count). The molecule has 0 aromatic carbocycles. The number of hydrogen-bond donors (Lipinski definition) is 1. The highest BCUT2D eigenvalue weighted by atomic mass is 16.3. The number of rotatable bonds is 3. The minimum absolute atomic E-state index is 0.0936. The Balaban J connectivity index is 2.28. The van der Waals surface area contributed by atoms with Crippen LogP contribution in [-0.4, -0.2) is 22.5 Å². The molecule has 4 heteroatoms. The van der Waals surface area contributed by atoms with Gasteiger partial charge >= 0.3 is 0 Å². The largest absolute Gasteiger partial charge is 0.510 e. The van der Waals surface area contributed by atoms with Gasteiger partial charge in [0.25, 0.3) is 0 Å². The quantitative estimate of drug-likeness (QED) is 0.486. The number of aliphatic hydroxyl groups excluding tert-OH is 1. The van der Waals surface area contributed by atoms with Crippen LogP contribution < -0.4 is 0 Å². The molecule has 2 fully saturated rings. The molecule has 3 aliphatic rings. The van der Waals surface area contributed by atoms with Crippen LogP contribution in [0.25, 0.3) is 0 Å². The Morgan fingerprint density at radius 3 is 2.38 bits per heavy atom. The number of ketones is 3. The molecule has 24 heavy (non-hydrogen) atoms. The molecule has 1 N–H and O–H groups in total. The van der Waals surface area contributed by atoms with Crippen LogP contribution in [0, 0.1) is 22.2 Å². The average Bonchev–Trinajstić information content (AvgIpc) is 2.85. The summed E-state index contributed by atoms with van der Waals surface area (Å²) >= 11 is 0. The molecule has 3 atom stereocenters. The van der Waals surface area contributed by atoms with Crippen LogP contribution in [-0.2, 0) is 14.4 Å². The van der Waals surface area contributed by atoms with Crippen molar-refractivity contribution in [3.8, 4) is 0 Å². The first-order valence-electron chi connectivity index (χ1n) is 8.68. The van der Waals surface area contributed by atoms with Crippen molar-refractivity contribution in [1.29, 1.82) is 0 Å². The Bertz CT molecular complexity index is 720. The predicted octanol–water partition coefficient (Wildman–Crippen LogP) is 3.71. The van der Waals surface area contributed by atoms with Crippen molar-refractivity contribution in [3.05, 3.63) is 23.0 Å². The first-order valence-corrected chi connectivity index (χ1v) is 8.68. The predicted molar refractivity (Wildman–Crippen MR) is 90.4 cm³/mol. The van der Waals surface area contributed by atoms with E-state index in [9.17, 15) is 19.5 Å². The molecule has 3 aliphatic carbocycles. The summed E-state index contributed by atoms with van der Waals surface area (Å²) in [4.78, 5) is 38.7. The van der Waals surface area contributed by atoms with Crippen LogP contribution in [0.2, 0.25) is 0 Å². The lowest BCUT2D eigenvalue weighted by atomic mass is 9.64. The van der Waals surface area contributed by atoms with Crippen LogP contribution in [0.3, 0.4) is 0 Å². The Kier molecular flexibility index (Phi) is 3.50. The average molecular weight is 330 g/mol. The molecule has 130 valence electrons. The van der Waals surface area contributed by atoms with Gasteiger partial charge in [-0.25, -0.2) is 0 Å². The fraction of sp³-hybridized carbons (Fsp3) is 0.650. The fourth-order valence-electron chi connectivity index (χ4n) is 5.26. The van der Waals surface area contributed by atoms with Gasteiger partial charge in [0.15, 0.2) is 17.3 Å². The standard InChI is InChI=1S/C20H26O4/c1-11(2)6-7-19-10-13-18(4,5)8-9-20(13,17(19)24)16(23)14(12(3)21)15(19)22/h6,13,23H,7-10H2,1-5H3/t13-,19-,20+/m1/s1. The zero-order valence-corrected chi connectivity index (χ0v) is 15.2. The van der Waals surface area contributed by atoms with Crippen molar-refractivity contribution in [2.75, 3.05) is 0 Å². The third-order valence-corrected chi connectivity index (χ3v) is 6.63. The summed E-state index contributed by atoms with van der Waals surface area (Å²) in [7, 11) is 0. The van der Waals surface area contributed by atoms with E-state index in [-0.39, 0.29) is 28.4 Å². The van der Waals surface area contributed by atoms with Crippen LogP contribution in [0.1, 0.15) is 60.3 Å². The molecule has 0 aromatic heterocycles. The molecule has 0 aliphatic heterocycles. The van der Waals surface area contributed by atoms with Crippen LogP contribution in [0.15, 0.2) is 23.0 Å². The van der Waals surface area contributed by atoms with E-state index in [4.69, 9.17) is 0 Å². The molecule has 2 bridgehead atoms. The zero-order valence-electron chi connectivity index (χ0n) is 15.2. The molecule has 2 saturated carbocycles. The lowest BCUT2D eigenvalue weighted by Crippen LogP contribution is -2.49. The number of hydrogen-bond acceptors (Lipinski definition) is 4. The van der Waals surface area contributed by atoms with Gasteiger partial charge in [-0.2, -0.15) is 0 Å². The fourth-order valence-corrected chi connectivity index (χ4v) is 5.26. The maximum atomic E-state index is 13.4. The van der Waals surface area contributed by atoms with E-state index < -0.39 is 22.4 Å². The monoisotopic (exact) mass is 330 g/mol. The first-order chi connectivity index (χ1) is 11.0. The van der Waals surface area contributed by atoms with E-state index in [1.54, 1.807) is 0 Å². The summed E-state index contributed by atoms with van der Waals surface area (Å²) in [5.74, 6) is -1.40. The van der Waals surface area contributed by atoms with E-state index in [0.29, 0.717) is 19.3 Å². The Labute approximate surface area is 143 Å². The second-order valence-electron chi connectivity index (χ2n) is 8.72. The maximum Gasteiger partial charge on any atom is 0.183 e. The van der Waals surface area contributed by atoms with Crippen molar-refractivity contribution in [1.82, 2.24) is 0 Å². The highest BCUT2D eigenvalue weighted by Gasteiger charge is 2.75. The normalized spacial score (nSPS) is 36.8. The van der Waals surface area contributed by atoms with Gasteiger partial charge in [0.2, 0.25) is 0 Å². The van der Waals surface area contributed by atoms with E-state index >= 15 is 0 Å². The maximum absolute atomic E-state index is 13.4. The molecule has 4 nitrogen and oxygen atoms in total. The minimum atomic E-state index is -1.17. The molecule has 0 heterocycles. The van der Waals surface area contributed by atoms with Crippen LogP contribution in [0.4, 0.5) is 0 Å². The Morgan fingerprint density at radius 2 is 1.83 bits per heavy atom. The van der Waals surface area contributed by atoms with Gasteiger partial charge in [-0.3, -0.25) is 14.4 Å². The molecule has 0 unspecified atom stereocenters. The number of carbonyl (C=O) groups is 3. The summed E-state index contributed by atoms with van der Waals surface area (Å²) < 4.78 is 0. The summed E-state index contributed by atoms with van der Waals surface area (Å²) in [6.07, 6.45) is 4.01. The summed E-state index contributed by atoms with van der Waals surface area (Å²) in [6.45, 7) is 9.37. The van der Waals surface area contributed by atoms with E-state index in [1.807, 2.05) is 19.9 Å². The molecular formula is C20H26O4. The molecule has 0 amide bonds. The molecule has 0 aromatic rings. The molecule has 0 saturated heterocycles. The Hall–Kier alpha value is -1.71. The summed E-state index contributed by atoms with van der Waals surface area (Å²) in [6, 6.07) is 0. The Morgan fingerprint density at radius 1 is 1.21 bits per heavy atom. The topological polar surface area (TPSA) is 71.4 Å². The second-order valence-corrected chi connectivity index (χ2v) is 8.72. The number of carbonyl (C=O) groups excluding carboxylic acids is 3. The van der Waals surface area contributed by atoms with Crippen molar-refractivity contribution in [2.24, 2.45) is 22.2 Å². The number of fused-ring (bicyclic) bond motifs is 1. The smallest absolute Gasteiger partial charge is 0.183 e. The van der Waals surface area contributed by atoms with Gasteiger partial charge in [-0.1, -0.05) is 25.5 Å².